The molecule has 0 saturated carbocycles. The summed E-state index contributed by atoms with van der Waals surface area (Å²) in [6.07, 6.45) is 4.94. The molecule has 1 aromatic rings. The number of nitrogens with zero attached hydrogens (tertiary/aromatic N) is 2. The Bertz CT molecular complexity index is 499. The van der Waals surface area contributed by atoms with Crippen molar-refractivity contribution in [2.75, 3.05) is 13.1 Å². The number of pyridine rings is 1. The van der Waals surface area contributed by atoms with Crippen molar-refractivity contribution in [3.8, 4) is 0 Å². The molecule has 0 bridgehead atoms. The van der Waals surface area contributed by atoms with Crippen molar-refractivity contribution in [3.05, 3.63) is 29.6 Å². The van der Waals surface area contributed by atoms with Crippen LogP contribution < -0.4 is 5.32 Å². The molecule has 1 aliphatic heterocycles. The fourth-order valence-corrected chi connectivity index (χ4v) is 2.48. The Balaban J connectivity index is 1.85. The van der Waals surface area contributed by atoms with E-state index in [2.05, 4.69) is 17.2 Å². The summed E-state index contributed by atoms with van der Waals surface area (Å²) >= 11 is 0. The van der Waals surface area contributed by atoms with Crippen molar-refractivity contribution in [1.82, 2.24) is 15.2 Å². The minimum absolute atomic E-state index is 0.00666. The van der Waals surface area contributed by atoms with Crippen molar-refractivity contribution in [2.45, 2.75) is 45.6 Å². The summed E-state index contributed by atoms with van der Waals surface area (Å²) in [6.45, 7) is 5.24. The van der Waals surface area contributed by atoms with Crippen molar-refractivity contribution in [2.24, 2.45) is 0 Å². The van der Waals surface area contributed by atoms with Crippen LogP contribution in [0.2, 0.25) is 0 Å². The molecule has 5 nitrogen and oxygen atoms in total. The zero-order chi connectivity index (χ0) is 15.2. The molecule has 5 heteroatoms. The molecule has 1 aromatic heterocycles. The lowest BCUT2D eigenvalue weighted by molar-refractivity contribution is -0.121. The number of hydrogen-bond donors (Lipinski definition) is 1. The molecule has 1 atom stereocenters. The largest absolute Gasteiger partial charge is 0.352 e. The highest BCUT2D eigenvalue weighted by atomic mass is 16.2. The lowest BCUT2D eigenvalue weighted by atomic mass is 10.2. The van der Waals surface area contributed by atoms with Gasteiger partial charge in [-0.2, -0.15) is 0 Å². The molecule has 1 N–H and O–H groups in total. The van der Waals surface area contributed by atoms with E-state index in [1.807, 2.05) is 13.0 Å². The van der Waals surface area contributed by atoms with Crippen LogP contribution in [0.5, 0.6) is 0 Å². The Hall–Kier alpha value is -1.91. The van der Waals surface area contributed by atoms with Crippen LogP contribution in [0.15, 0.2) is 18.3 Å². The smallest absolute Gasteiger partial charge is 0.255 e. The highest BCUT2D eigenvalue weighted by molar-refractivity contribution is 5.94. The maximum Gasteiger partial charge on any atom is 0.255 e. The Morgan fingerprint density at radius 3 is 2.90 bits per heavy atom. The van der Waals surface area contributed by atoms with Gasteiger partial charge in [-0.25, -0.2) is 0 Å². The summed E-state index contributed by atoms with van der Waals surface area (Å²) in [6, 6.07) is 3.72. The highest BCUT2D eigenvalue weighted by Crippen LogP contribution is 2.14. The third kappa shape index (κ3) is 4.28. The summed E-state index contributed by atoms with van der Waals surface area (Å²) < 4.78 is 0. The van der Waals surface area contributed by atoms with Crippen LogP contribution in [0.25, 0.3) is 0 Å². The predicted molar refractivity (Wildman–Crippen MR) is 81.0 cm³/mol. The molecule has 0 aliphatic carbocycles. The average Bonchev–Trinajstić information content (AvgIpc) is 2.93. The van der Waals surface area contributed by atoms with Gasteiger partial charge in [0, 0.05) is 37.4 Å². The maximum atomic E-state index is 12.3. The third-order valence-electron chi connectivity index (χ3n) is 3.76. The highest BCUT2D eigenvalue weighted by Gasteiger charge is 2.27. The maximum absolute atomic E-state index is 12.3. The fourth-order valence-electron chi connectivity index (χ4n) is 2.48. The van der Waals surface area contributed by atoms with Crippen LogP contribution in [0.3, 0.4) is 0 Å². The van der Waals surface area contributed by atoms with Crippen LogP contribution in [-0.4, -0.2) is 40.8 Å². The van der Waals surface area contributed by atoms with Gasteiger partial charge in [-0.3, -0.25) is 14.6 Å². The van der Waals surface area contributed by atoms with E-state index in [1.165, 1.54) is 0 Å². The van der Waals surface area contributed by atoms with Crippen LogP contribution in [0, 0.1) is 6.92 Å². The molecule has 0 aromatic carbocycles. The molecule has 0 spiro atoms. The average molecular weight is 289 g/mol. The first-order chi connectivity index (χ1) is 10.1. The molecule has 2 amide bonds. The van der Waals surface area contributed by atoms with Gasteiger partial charge in [-0.1, -0.05) is 13.3 Å². The zero-order valence-corrected chi connectivity index (χ0v) is 12.8. The minimum atomic E-state index is -0.00666. The first-order valence-electron chi connectivity index (χ1n) is 7.61. The Labute approximate surface area is 125 Å². The monoisotopic (exact) mass is 289 g/mol. The summed E-state index contributed by atoms with van der Waals surface area (Å²) in [5, 5.41) is 3.01. The molecular weight excluding hydrogens is 266 g/mol. The van der Waals surface area contributed by atoms with Crippen molar-refractivity contribution >= 4 is 11.8 Å². The lowest BCUT2D eigenvalue weighted by Gasteiger charge is -2.17. The number of amides is 2. The molecule has 1 aliphatic rings. The lowest BCUT2D eigenvalue weighted by Crippen LogP contribution is -2.38. The van der Waals surface area contributed by atoms with Gasteiger partial charge >= 0.3 is 0 Å². The molecule has 1 saturated heterocycles. The van der Waals surface area contributed by atoms with E-state index in [0.717, 1.165) is 25.0 Å². The number of likely N-dealkylation sites (tertiary alicyclic amines) is 1. The number of nitrogens with one attached hydrogen (secondary N) is 1. The number of aryl methyl sites for hydroxylation is 1. The molecule has 114 valence electrons. The van der Waals surface area contributed by atoms with Crippen molar-refractivity contribution < 1.29 is 9.59 Å². The van der Waals surface area contributed by atoms with Crippen molar-refractivity contribution in [3.63, 3.8) is 0 Å². The van der Waals surface area contributed by atoms with E-state index in [-0.39, 0.29) is 17.9 Å². The number of rotatable bonds is 5. The van der Waals surface area contributed by atoms with E-state index < -0.39 is 0 Å². The Morgan fingerprint density at radius 1 is 1.43 bits per heavy atom. The SMILES string of the molecule is CCCCC(=O)N[C@@H]1CCN(C(=O)c2ccc(C)nc2)C1. The first-order valence-corrected chi connectivity index (χ1v) is 7.61. The van der Waals surface area contributed by atoms with Gasteiger partial charge < -0.3 is 10.2 Å². The van der Waals surface area contributed by atoms with Gasteiger partial charge in [0.05, 0.1) is 5.56 Å². The Morgan fingerprint density at radius 2 is 2.24 bits per heavy atom. The number of carbonyl (C=O) groups excluding carboxylic acids is 2. The summed E-state index contributed by atoms with van der Waals surface area (Å²) in [7, 11) is 0. The van der Waals surface area contributed by atoms with Gasteiger partial charge in [0.15, 0.2) is 0 Å². The van der Waals surface area contributed by atoms with E-state index in [1.54, 1.807) is 17.2 Å². The summed E-state index contributed by atoms with van der Waals surface area (Å²) in [4.78, 5) is 30.0. The molecular formula is C16H23N3O2. The minimum Gasteiger partial charge on any atom is -0.352 e. The molecule has 2 heterocycles. The molecule has 21 heavy (non-hydrogen) atoms. The molecule has 2 rings (SSSR count). The van der Waals surface area contributed by atoms with E-state index in [4.69, 9.17) is 0 Å². The van der Waals surface area contributed by atoms with Gasteiger partial charge in [0.25, 0.3) is 5.91 Å². The van der Waals surface area contributed by atoms with Crippen LogP contribution in [0.4, 0.5) is 0 Å². The number of unbranched alkanes of at least 4 members (excludes halogenated alkanes) is 1. The van der Waals surface area contributed by atoms with E-state index in [0.29, 0.717) is 25.1 Å². The van der Waals surface area contributed by atoms with Gasteiger partial charge in [0.2, 0.25) is 5.91 Å². The standard InChI is InChI=1S/C16H23N3O2/c1-3-4-5-15(20)18-14-8-9-19(11-14)16(21)13-7-6-12(2)17-10-13/h6-7,10,14H,3-5,8-9,11H2,1-2H3,(H,18,20)/t14-/m1/s1. The first kappa shape index (κ1) is 15.5. The van der Waals surface area contributed by atoms with Crippen molar-refractivity contribution in [1.29, 1.82) is 0 Å². The van der Waals surface area contributed by atoms with E-state index >= 15 is 0 Å². The fraction of sp³-hybridized carbons (Fsp3) is 0.562. The quantitative estimate of drug-likeness (QED) is 0.900. The molecule has 0 unspecified atom stereocenters. The van der Waals surface area contributed by atoms with Gasteiger partial charge in [0.1, 0.15) is 0 Å². The topological polar surface area (TPSA) is 62.3 Å². The number of hydrogen-bond acceptors (Lipinski definition) is 3. The molecule has 1 fully saturated rings. The third-order valence-corrected chi connectivity index (χ3v) is 3.76. The predicted octanol–water partition coefficient (Wildman–Crippen LogP) is 1.91. The van der Waals surface area contributed by atoms with Gasteiger partial charge in [-0.15, -0.1) is 0 Å². The summed E-state index contributed by atoms with van der Waals surface area (Å²) in [5.74, 6) is 0.0842. The van der Waals surface area contributed by atoms with Crippen LogP contribution in [-0.2, 0) is 4.79 Å². The summed E-state index contributed by atoms with van der Waals surface area (Å²) in [5.41, 5.74) is 1.51. The normalized spacial score (nSPS) is 17.8. The second kappa shape index (κ2) is 7.20. The van der Waals surface area contributed by atoms with Crippen LogP contribution in [0.1, 0.15) is 48.7 Å². The van der Waals surface area contributed by atoms with E-state index in [9.17, 15) is 9.59 Å². The zero-order valence-electron chi connectivity index (χ0n) is 12.8. The second-order valence-electron chi connectivity index (χ2n) is 5.60. The van der Waals surface area contributed by atoms with Crippen LogP contribution >= 0.6 is 0 Å². The Kier molecular flexibility index (Phi) is 5.31. The number of carbonyl (C=O) groups is 2. The van der Waals surface area contributed by atoms with Gasteiger partial charge in [-0.05, 0) is 31.9 Å². The second-order valence-corrected chi connectivity index (χ2v) is 5.60. The molecule has 0 radical (unpaired) electrons. The number of aromatic nitrogens is 1.